The van der Waals surface area contributed by atoms with Crippen LogP contribution in [0.3, 0.4) is 0 Å². The second-order valence-corrected chi connectivity index (χ2v) is 4.52. The lowest BCUT2D eigenvalue weighted by atomic mass is 10.4. The third-order valence-electron chi connectivity index (χ3n) is 2.62. The van der Waals surface area contributed by atoms with Gasteiger partial charge in [0.05, 0.1) is 6.20 Å². The van der Waals surface area contributed by atoms with Gasteiger partial charge in [0.15, 0.2) is 5.82 Å². The molecule has 5 nitrogen and oxygen atoms in total. The van der Waals surface area contributed by atoms with Crippen molar-refractivity contribution in [1.82, 2.24) is 19.7 Å². The summed E-state index contributed by atoms with van der Waals surface area (Å²) in [4.78, 5) is 8.33. The maximum Gasteiger partial charge on any atom is 0.223 e. The van der Waals surface area contributed by atoms with Gasteiger partial charge < -0.3 is 4.74 Å². The number of aryl methyl sites for hydroxylation is 1. The van der Waals surface area contributed by atoms with Gasteiger partial charge in [0.2, 0.25) is 5.88 Å². The number of halogens is 1. The van der Waals surface area contributed by atoms with Crippen LogP contribution in [0.15, 0.2) is 48.8 Å². The molecule has 100 valence electrons. The fourth-order valence-corrected chi connectivity index (χ4v) is 1.92. The Kier molecular flexibility index (Phi) is 3.35. The topological polar surface area (TPSA) is 52.8 Å². The highest BCUT2D eigenvalue weighted by Gasteiger charge is 2.08. The van der Waals surface area contributed by atoms with Crippen LogP contribution in [0, 0.1) is 6.92 Å². The molecule has 0 bridgehead atoms. The summed E-state index contributed by atoms with van der Waals surface area (Å²) in [6, 6.07) is 10.8. The molecule has 0 spiro atoms. The highest BCUT2D eigenvalue weighted by atomic mass is 35.5. The summed E-state index contributed by atoms with van der Waals surface area (Å²) in [6.07, 6.45) is 3.24. The smallest absolute Gasteiger partial charge is 0.223 e. The van der Waals surface area contributed by atoms with Crippen molar-refractivity contribution < 1.29 is 4.74 Å². The fourth-order valence-electron chi connectivity index (χ4n) is 1.76. The molecule has 3 heterocycles. The lowest BCUT2D eigenvalue weighted by molar-refractivity contribution is 0.442. The molecule has 3 aromatic heterocycles. The van der Waals surface area contributed by atoms with E-state index in [0.29, 0.717) is 22.6 Å². The molecule has 0 fully saturated rings. The quantitative estimate of drug-likeness (QED) is 0.692. The third-order valence-corrected chi connectivity index (χ3v) is 2.83. The number of hydrogen-bond donors (Lipinski definition) is 0. The molecule has 20 heavy (non-hydrogen) atoms. The number of hydrogen-bond acceptors (Lipinski definition) is 4. The molecule has 0 aliphatic heterocycles. The number of rotatable bonds is 3. The van der Waals surface area contributed by atoms with E-state index >= 15 is 0 Å². The Morgan fingerprint density at radius 3 is 2.85 bits per heavy atom. The monoisotopic (exact) mass is 286 g/mol. The zero-order chi connectivity index (χ0) is 13.9. The highest BCUT2D eigenvalue weighted by Crippen LogP contribution is 2.24. The second-order valence-electron chi connectivity index (χ2n) is 4.13. The summed E-state index contributed by atoms with van der Waals surface area (Å²) < 4.78 is 7.39. The molecule has 0 unspecified atom stereocenters. The molecular weight excluding hydrogens is 276 g/mol. The Bertz CT molecular complexity index is 741. The van der Waals surface area contributed by atoms with Crippen molar-refractivity contribution in [2.45, 2.75) is 6.92 Å². The van der Waals surface area contributed by atoms with Crippen molar-refractivity contribution in [3.05, 3.63) is 59.6 Å². The van der Waals surface area contributed by atoms with E-state index < -0.39 is 0 Å². The number of aromatic nitrogens is 4. The van der Waals surface area contributed by atoms with Crippen LogP contribution in [0.25, 0.3) is 5.82 Å². The molecule has 0 aromatic carbocycles. The maximum atomic E-state index is 5.84. The van der Waals surface area contributed by atoms with Gasteiger partial charge in [0, 0.05) is 24.0 Å². The van der Waals surface area contributed by atoms with Crippen LogP contribution in [0.4, 0.5) is 0 Å². The molecule has 3 rings (SSSR count). The third kappa shape index (κ3) is 2.62. The van der Waals surface area contributed by atoms with Gasteiger partial charge in [-0.1, -0.05) is 17.7 Å². The average Bonchev–Trinajstić information content (AvgIpc) is 2.87. The van der Waals surface area contributed by atoms with Gasteiger partial charge in [-0.25, -0.2) is 9.97 Å². The average molecular weight is 287 g/mol. The first-order valence-corrected chi connectivity index (χ1v) is 6.38. The fraction of sp³-hybridized carbons (Fsp3) is 0.0714. The van der Waals surface area contributed by atoms with E-state index in [4.69, 9.17) is 16.3 Å². The zero-order valence-electron chi connectivity index (χ0n) is 10.7. The largest absolute Gasteiger partial charge is 0.439 e. The summed E-state index contributed by atoms with van der Waals surface area (Å²) in [7, 11) is 0. The van der Waals surface area contributed by atoms with Crippen LogP contribution < -0.4 is 4.74 Å². The molecule has 0 amide bonds. The summed E-state index contributed by atoms with van der Waals surface area (Å²) in [5.41, 5.74) is 0.913. The lowest BCUT2D eigenvalue weighted by Gasteiger charge is -2.08. The molecule has 0 radical (unpaired) electrons. The van der Waals surface area contributed by atoms with Gasteiger partial charge in [-0.3, -0.25) is 0 Å². The molecule has 6 heteroatoms. The number of nitrogens with zero attached hydrogens (tertiary/aromatic N) is 4. The van der Waals surface area contributed by atoms with E-state index in [2.05, 4.69) is 15.1 Å². The number of pyridine rings is 2. The zero-order valence-corrected chi connectivity index (χ0v) is 11.4. The minimum Gasteiger partial charge on any atom is -0.439 e. The second kappa shape index (κ2) is 5.30. The normalized spacial score (nSPS) is 10.5. The van der Waals surface area contributed by atoms with Crippen LogP contribution in [0.1, 0.15) is 5.69 Å². The van der Waals surface area contributed by atoms with Crippen molar-refractivity contribution in [3.63, 3.8) is 0 Å². The molecule has 0 N–H and O–H groups in total. The van der Waals surface area contributed by atoms with Crippen molar-refractivity contribution in [2.75, 3.05) is 0 Å². The first kappa shape index (κ1) is 12.6. The Morgan fingerprint density at radius 1 is 1.15 bits per heavy atom. The van der Waals surface area contributed by atoms with Crippen molar-refractivity contribution >= 4 is 11.6 Å². The Hall–Kier alpha value is -2.40. The Morgan fingerprint density at radius 2 is 2.05 bits per heavy atom. The van der Waals surface area contributed by atoms with Crippen molar-refractivity contribution in [3.8, 4) is 17.4 Å². The van der Waals surface area contributed by atoms with E-state index in [1.54, 1.807) is 35.3 Å². The van der Waals surface area contributed by atoms with Crippen LogP contribution in [-0.4, -0.2) is 19.7 Å². The Balaban J connectivity index is 1.94. The van der Waals surface area contributed by atoms with Crippen LogP contribution >= 0.6 is 11.6 Å². The predicted molar refractivity (Wildman–Crippen MR) is 75.4 cm³/mol. The summed E-state index contributed by atoms with van der Waals surface area (Å²) in [5, 5.41) is 4.60. The number of ether oxygens (including phenoxy) is 1. The standard InChI is InChI=1S/C14H11ClN4O/c1-10-3-2-4-13(18-10)19-14(6-8-17-19)20-11-5-7-16-12(15)9-11/h2-9H,1H3. The Labute approximate surface area is 120 Å². The molecule has 0 saturated carbocycles. The van der Waals surface area contributed by atoms with E-state index in [1.807, 2.05) is 25.1 Å². The highest BCUT2D eigenvalue weighted by molar-refractivity contribution is 6.29. The molecule has 0 aliphatic rings. The summed E-state index contributed by atoms with van der Waals surface area (Å²) in [6.45, 7) is 1.93. The van der Waals surface area contributed by atoms with E-state index in [-0.39, 0.29) is 0 Å². The predicted octanol–water partition coefficient (Wildman–Crippen LogP) is 3.42. The van der Waals surface area contributed by atoms with Crippen molar-refractivity contribution in [1.29, 1.82) is 0 Å². The van der Waals surface area contributed by atoms with E-state index in [1.165, 1.54) is 0 Å². The molecule has 3 aromatic rings. The maximum absolute atomic E-state index is 5.84. The van der Waals surface area contributed by atoms with Gasteiger partial charge in [0.1, 0.15) is 10.9 Å². The first-order chi connectivity index (χ1) is 9.72. The SMILES string of the molecule is Cc1cccc(-n2nccc2Oc2ccnc(Cl)c2)n1. The van der Waals surface area contributed by atoms with Crippen LogP contribution in [-0.2, 0) is 0 Å². The summed E-state index contributed by atoms with van der Waals surface area (Å²) in [5.74, 6) is 1.86. The first-order valence-electron chi connectivity index (χ1n) is 6.00. The van der Waals surface area contributed by atoms with Gasteiger partial charge in [0.25, 0.3) is 0 Å². The minimum atomic E-state index is 0.377. The molecule has 0 saturated heterocycles. The van der Waals surface area contributed by atoms with Crippen LogP contribution in [0.5, 0.6) is 11.6 Å². The molecular formula is C14H11ClN4O. The van der Waals surface area contributed by atoms with E-state index in [9.17, 15) is 0 Å². The van der Waals surface area contributed by atoms with Gasteiger partial charge in [-0.2, -0.15) is 9.78 Å². The minimum absolute atomic E-state index is 0.377. The van der Waals surface area contributed by atoms with Gasteiger partial charge in [-0.15, -0.1) is 0 Å². The van der Waals surface area contributed by atoms with Gasteiger partial charge >= 0.3 is 0 Å². The van der Waals surface area contributed by atoms with Crippen molar-refractivity contribution in [2.24, 2.45) is 0 Å². The van der Waals surface area contributed by atoms with Gasteiger partial charge in [-0.05, 0) is 25.1 Å². The summed E-state index contributed by atoms with van der Waals surface area (Å²) >= 11 is 5.84. The van der Waals surface area contributed by atoms with E-state index in [0.717, 1.165) is 5.69 Å². The lowest BCUT2D eigenvalue weighted by Crippen LogP contribution is -2.02. The molecule has 0 aliphatic carbocycles. The molecule has 0 atom stereocenters. The van der Waals surface area contributed by atoms with Crippen LogP contribution in [0.2, 0.25) is 5.15 Å².